The van der Waals surface area contributed by atoms with Crippen LogP contribution >= 0.6 is 7.82 Å². The largest absolute Gasteiger partial charge is 0.472 e. The van der Waals surface area contributed by atoms with Crippen molar-refractivity contribution in [3.05, 3.63) is 0 Å². The van der Waals surface area contributed by atoms with Gasteiger partial charge < -0.3 is 39.9 Å². The molecule has 0 radical (unpaired) electrons. The fourth-order valence-electron chi connectivity index (χ4n) is 7.23. The first-order chi connectivity index (χ1) is 27.4. The topological polar surface area (TPSA) is 210 Å². The molecule has 0 amide bonds. The van der Waals surface area contributed by atoms with Gasteiger partial charge in [0.2, 0.25) is 0 Å². The lowest BCUT2D eigenvalue weighted by Crippen LogP contribution is -2.64. The van der Waals surface area contributed by atoms with Crippen LogP contribution in [0.25, 0.3) is 0 Å². The Hall–Kier alpha value is -1.15. The molecular weight excluding hydrogens is 755 g/mol. The number of rotatable bonds is 38. The minimum Gasteiger partial charge on any atom is -0.462 e. The summed E-state index contributed by atoms with van der Waals surface area (Å²) in [6, 6.07) is 0. The first-order valence-electron chi connectivity index (χ1n) is 22.8. The average Bonchev–Trinajstić information content (AvgIpc) is 3.19. The monoisotopic (exact) mass is 839 g/mol. The molecular formula is C43H83O13P. The highest BCUT2D eigenvalue weighted by molar-refractivity contribution is 7.47. The molecule has 0 heterocycles. The smallest absolute Gasteiger partial charge is 0.462 e. The standard InChI is InChI=1S/C43H83O13P/c1-3-5-7-9-11-13-15-17-18-20-22-24-26-28-30-32-37(45)55-35(34-54-57(51,52)56-43-41(49)39(47)38(46)40(48)42(43)50)33-53-36(44)31-29-27-25-23-21-19-16-14-12-10-8-6-4-2/h35,38-43,46-50H,3-34H2,1-2H3,(H,51,52)/t35-,38?,39-,40?,41?,42?,43?/m1/s1. The molecule has 57 heavy (non-hydrogen) atoms. The summed E-state index contributed by atoms with van der Waals surface area (Å²) < 4.78 is 33.5. The van der Waals surface area contributed by atoms with Gasteiger partial charge >= 0.3 is 19.8 Å². The van der Waals surface area contributed by atoms with Crippen LogP contribution in [0.3, 0.4) is 0 Å². The van der Waals surface area contributed by atoms with Crippen LogP contribution in [-0.4, -0.2) is 98.3 Å². The van der Waals surface area contributed by atoms with Crippen LogP contribution in [-0.2, 0) is 32.7 Å². The molecule has 1 rings (SSSR count). The van der Waals surface area contributed by atoms with Crippen LogP contribution in [0.1, 0.15) is 206 Å². The molecule has 1 aliphatic carbocycles. The number of hydrogen-bond acceptors (Lipinski definition) is 12. The van der Waals surface area contributed by atoms with E-state index in [1.54, 1.807) is 0 Å². The summed E-state index contributed by atoms with van der Waals surface area (Å²) in [7, 11) is -5.11. The van der Waals surface area contributed by atoms with E-state index in [1.165, 1.54) is 128 Å². The van der Waals surface area contributed by atoms with E-state index in [0.29, 0.717) is 12.8 Å². The number of carbonyl (C=O) groups excluding carboxylic acids is 2. The summed E-state index contributed by atoms with van der Waals surface area (Å²) in [4.78, 5) is 35.6. The third-order valence-corrected chi connectivity index (χ3v) is 11.9. The van der Waals surface area contributed by atoms with E-state index in [9.17, 15) is 44.6 Å². The van der Waals surface area contributed by atoms with E-state index in [0.717, 1.165) is 38.5 Å². The van der Waals surface area contributed by atoms with E-state index in [4.69, 9.17) is 18.5 Å². The minimum absolute atomic E-state index is 0.105. The quantitative estimate of drug-likeness (QED) is 0.0196. The van der Waals surface area contributed by atoms with Crippen molar-refractivity contribution in [2.75, 3.05) is 13.2 Å². The lowest BCUT2D eigenvalue weighted by Gasteiger charge is -2.41. The highest BCUT2D eigenvalue weighted by Gasteiger charge is 2.51. The van der Waals surface area contributed by atoms with Crippen LogP contribution in [0.4, 0.5) is 0 Å². The molecule has 338 valence electrons. The van der Waals surface area contributed by atoms with Gasteiger partial charge in [-0.2, -0.15) is 0 Å². The highest BCUT2D eigenvalue weighted by Crippen LogP contribution is 2.47. The summed E-state index contributed by atoms with van der Waals surface area (Å²) in [5.41, 5.74) is 0. The molecule has 6 unspecified atom stereocenters. The van der Waals surface area contributed by atoms with Gasteiger partial charge in [0.1, 0.15) is 43.2 Å². The summed E-state index contributed by atoms with van der Waals surface area (Å²) in [6.45, 7) is 3.31. The molecule has 0 bridgehead atoms. The zero-order chi connectivity index (χ0) is 42.2. The SMILES string of the molecule is CCCCCCCCCCCCCCCCCC(=O)O[C@H](COC(=O)CCCCCCCCCCCCCCC)COP(=O)(O)OC1C(O)C(O)C(O)[C@@H](O)C1O. The van der Waals surface area contributed by atoms with Gasteiger partial charge in [-0.05, 0) is 12.8 Å². The number of carbonyl (C=O) groups is 2. The van der Waals surface area contributed by atoms with Crippen molar-refractivity contribution in [2.24, 2.45) is 0 Å². The van der Waals surface area contributed by atoms with Crippen molar-refractivity contribution in [1.29, 1.82) is 0 Å². The van der Waals surface area contributed by atoms with Gasteiger partial charge in [0.25, 0.3) is 0 Å². The van der Waals surface area contributed by atoms with E-state index < -0.39 is 75.7 Å². The lowest BCUT2D eigenvalue weighted by molar-refractivity contribution is -0.220. The van der Waals surface area contributed by atoms with Crippen LogP contribution in [0.15, 0.2) is 0 Å². The fourth-order valence-corrected chi connectivity index (χ4v) is 8.20. The van der Waals surface area contributed by atoms with Crippen LogP contribution < -0.4 is 0 Å². The predicted molar refractivity (Wildman–Crippen MR) is 221 cm³/mol. The molecule has 1 aliphatic rings. The highest BCUT2D eigenvalue weighted by atomic mass is 31.2. The molecule has 0 saturated heterocycles. The normalized spacial score (nSPS) is 22.6. The Kier molecular flexibility index (Phi) is 32.7. The van der Waals surface area contributed by atoms with Crippen LogP contribution in [0.5, 0.6) is 0 Å². The van der Waals surface area contributed by atoms with Gasteiger partial charge in [-0.3, -0.25) is 18.6 Å². The van der Waals surface area contributed by atoms with E-state index >= 15 is 0 Å². The van der Waals surface area contributed by atoms with Crippen molar-refractivity contribution >= 4 is 19.8 Å². The fraction of sp³-hybridized carbons (Fsp3) is 0.953. The predicted octanol–water partition coefficient (Wildman–Crippen LogP) is 8.50. The number of aliphatic hydroxyl groups is 5. The molecule has 13 nitrogen and oxygen atoms in total. The van der Waals surface area contributed by atoms with E-state index in [2.05, 4.69) is 13.8 Å². The minimum atomic E-state index is -5.11. The number of aliphatic hydroxyl groups excluding tert-OH is 5. The Morgan fingerprint density at radius 2 is 0.789 bits per heavy atom. The molecule has 0 aliphatic heterocycles. The van der Waals surface area contributed by atoms with Crippen molar-refractivity contribution in [3.8, 4) is 0 Å². The number of phosphoric ester groups is 1. The molecule has 8 atom stereocenters. The summed E-state index contributed by atoms with van der Waals surface area (Å²) in [5.74, 6) is -1.09. The van der Waals surface area contributed by atoms with Crippen molar-refractivity contribution < 1.29 is 63.1 Å². The average molecular weight is 839 g/mol. The molecule has 0 aromatic carbocycles. The van der Waals surface area contributed by atoms with Gasteiger partial charge in [-0.15, -0.1) is 0 Å². The summed E-state index contributed by atoms with van der Waals surface area (Å²) >= 11 is 0. The molecule has 0 aromatic heterocycles. The van der Waals surface area contributed by atoms with Gasteiger partial charge in [0.05, 0.1) is 6.61 Å². The summed E-state index contributed by atoms with van der Waals surface area (Å²) in [5, 5.41) is 50.1. The number of ether oxygens (including phenoxy) is 2. The Labute approximate surface area is 344 Å². The Morgan fingerprint density at radius 1 is 0.474 bits per heavy atom. The third-order valence-electron chi connectivity index (χ3n) is 10.9. The van der Waals surface area contributed by atoms with E-state index in [1.807, 2.05) is 0 Å². The van der Waals surface area contributed by atoms with E-state index in [-0.39, 0.29) is 12.8 Å². The third kappa shape index (κ3) is 27.3. The molecule has 0 spiro atoms. The first-order valence-corrected chi connectivity index (χ1v) is 24.3. The van der Waals surface area contributed by atoms with Gasteiger partial charge in [-0.25, -0.2) is 4.57 Å². The zero-order valence-corrected chi connectivity index (χ0v) is 36.6. The molecule has 1 fully saturated rings. The molecule has 1 saturated carbocycles. The lowest BCUT2D eigenvalue weighted by atomic mass is 9.85. The van der Waals surface area contributed by atoms with Crippen molar-refractivity contribution in [3.63, 3.8) is 0 Å². The maximum absolute atomic E-state index is 12.8. The number of unbranched alkanes of at least 4 members (excludes halogenated alkanes) is 26. The van der Waals surface area contributed by atoms with Crippen molar-refractivity contribution in [2.45, 2.75) is 249 Å². The zero-order valence-electron chi connectivity index (χ0n) is 35.7. The van der Waals surface area contributed by atoms with Gasteiger partial charge in [0.15, 0.2) is 6.10 Å². The van der Waals surface area contributed by atoms with Gasteiger partial charge in [-0.1, -0.05) is 181 Å². The Balaban J connectivity index is 2.45. The maximum Gasteiger partial charge on any atom is 0.472 e. The Morgan fingerprint density at radius 3 is 1.16 bits per heavy atom. The number of hydrogen-bond donors (Lipinski definition) is 6. The molecule has 0 aromatic rings. The molecule has 14 heteroatoms. The molecule has 6 N–H and O–H groups in total. The second-order valence-corrected chi connectivity index (χ2v) is 17.7. The van der Waals surface area contributed by atoms with Crippen LogP contribution in [0.2, 0.25) is 0 Å². The van der Waals surface area contributed by atoms with Crippen LogP contribution in [0, 0.1) is 0 Å². The number of phosphoric acid groups is 1. The van der Waals surface area contributed by atoms with Crippen molar-refractivity contribution in [1.82, 2.24) is 0 Å². The first kappa shape index (κ1) is 53.9. The number of esters is 2. The second-order valence-electron chi connectivity index (χ2n) is 16.3. The Bertz CT molecular complexity index is 1020. The van der Waals surface area contributed by atoms with Gasteiger partial charge in [0, 0.05) is 12.8 Å². The summed E-state index contributed by atoms with van der Waals surface area (Å²) in [6.07, 6.45) is 20.1. The second kappa shape index (κ2) is 34.6. The maximum atomic E-state index is 12.8.